The molecular weight excluding hydrogens is 145 g/mol. The number of pyridine rings is 1. The van der Waals surface area contributed by atoms with E-state index >= 15 is 0 Å². The Morgan fingerprint density at radius 2 is 2.27 bits per heavy atom. The third kappa shape index (κ3) is 2.20. The molecule has 1 nitrogen and oxygen atoms in total. The average molecular weight is 157 g/mol. The Morgan fingerprint density at radius 1 is 1.55 bits per heavy atom. The second-order valence-electron chi connectivity index (χ2n) is 3.48. The van der Waals surface area contributed by atoms with Crippen LogP contribution < -0.4 is 5.19 Å². The summed E-state index contributed by atoms with van der Waals surface area (Å²) >= 11 is 2.26. The maximum absolute atomic E-state index is 4.13. The van der Waals surface area contributed by atoms with Gasteiger partial charge in [0.15, 0.2) is 0 Å². The molecule has 0 amide bonds. The van der Waals surface area contributed by atoms with Gasteiger partial charge in [0, 0.05) is 0 Å². The van der Waals surface area contributed by atoms with Gasteiger partial charge in [-0.3, -0.25) is 0 Å². The molecule has 0 radical (unpaired) electrons. The van der Waals surface area contributed by atoms with Crippen molar-refractivity contribution in [1.29, 1.82) is 0 Å². The third-order valence-corrected chi connectivity index (χ3v) is 5.95. The maximum atomic E-state index is 4.13. The van der Waals surface area contributed by atoms with Crippen molar-refractivity contribution in [3.63, 3.8) is 0 Å². The number of rotatable bonds is 2. The quantitative estimate of drug-likeness (QED) is 0.586. The summed E-state index contributed by atoms with van der Waals surface area (Å²) in [5, 5.41) is 1.46. The molecule has 3 heteroatoms. The van der Waals surface area contributed by atoms with E-state index in [1.165, 1.54) is 9.90 Å². The second-order valence-corrected chi connectivity index (χ2v) is 8.53. The zero-order chi connectivity index (χ0) is 8.32. The molecule has 0 spiro atoms. The van der Waals surface area contributed by atoms with E-state index in [1.807, 2.05) is 18.5 Å². The van der Waals surface area contributed by atoms with Crippen LogP contribution in [0.2, 0.25) is 17.8 Å². The molecule has 0 saturated heterocycles. The molecule has 54 valence electrons. The van der Waals surface area contributed by atoms with Crippen molar-refractivity contribution in [2.45, 2.75) is 17.8 Å². The predicted octanol–water partition coefficient (Wildman–Crippen LogP) is 1.12. The van der Waals surface area contributed by atoms with Crippen LogP contribution in [0.4, 0.5) is 0 Å². The Kier molecular flexibility index (Phi) is 2.94. The fraction of sp³-hybridized carbons (Fsp3) is 0.375. The van der Waals surface area contributed by atoms with E-state index in [0.717, 1.165) is 0 Å². The van der Waals surface area contributed by atoms with Crippen LogP contribution >= 0.6 is 0 Å². The van der Waals surface area contributed by atoms with Crippen LogP contribution in [0.5, 0.6) is 0 Å². The summed E-state index contributed by atoms with van der Waals surface area (Å²) in [4.78, 5) is 4.13. The molecule has 0 aliphatic heterocycles. The summed E-state index contributed by atoms with van der Waals surface area (Å²) in [5.41, 5.74) is 0. The first-order valence-electron chi connectivity index (χ1n) is 4.07. The normalized spacial score (nSPS) is 11.6. The van der Waals surface area contributed by atoms with Crippen molar-refractivity contribution in [3.05, 3.63) is 24.5 Å². The van der Waals surface area contributed by atoms with Gasteiger partial charge in [0.2, 0.25) is 0 Å². The van der Waals surface area contributed by atoms with Crippen LogP contribution in [-0.4, -0.2) is 30.8 Å². The first kappa shape index (κ1) is 9.06. The molecule has 0 unspecified atom stereocenters. The summed E-state index contributed by atoms with van der Waals surface area (Å²) in [7, 11) is -1.12. The number of hydrogen-bond donors (Lipinski definition) is 0. The predicted molar refractivity (Wildman–Crippen MR) is 51.9 cm³/mol. The molecule has 0 atom stereocenters. The van der Waals surface area contributed by atoms with Crippen LogP contribution in [0.25, 0.3) is 0 Å². The fourth-order valence-electron chi connectivity index (χ4n) is 0.967. The van der Waals surface area contributed by atoms with Gasteiger partial charge in [-0.25, -0.2) is 0 Å². The number of aromatic nitrogens is 1. The molecule has 1 aromatic heterocycles. The van der Waals surface area contributed by atoms with Crippen LogP contribution in [0, 0.1) is 0 Å². The first-order valence-corrected chi connectivity index (χ1v) is 7.28. The Balaban J connectivity index is 2.93. The van der Waals surface area contributed by atoms with Crippen LogP contribution in [0.15, 0.2) is 24.5 Å². The number of nitrogens with zero attached hydrogens (tertiary/aromatic N) is 1. The molecule has 0 aromatic carbocycles. The topological polar surface area (TPSA) is 12.9 Å². The van der Waals surface area contributed by atoms with Crippen molar-refractivity contribution in [1.82, 2.24) is 4.98 Å². The van der Waals surface area contributed by atoms with Gasteiger partial charge in [-0.1, -0.05) is 0 Å². The third-order valence-electron chi connectivity index (χ3n) is 2.33. The summed E-state index contributed by atoms with van der Waals surface area (Å²) in [6, 6.07) is 4.22. The van der Waals surface area contributed by atoms with E-state index in [2.05, 4.69) is 41.9 Å². The standard InChI is InChI=1S/C8H12NSi.Li/c1-10(2,3)8-5-4-6-9-7-8;/h4-7H,1H2,2-3H3;. The van der Waals surface area contributed by atoms with E-state index in [4.69, 9.17) is 0 Å². The Morgan fingerprint density at radius 3 is 2.73 bits per heavy atom. The molecule has 11 heavy (non-hydrogen) atoms. The van der Waals surface area contributed by atoms with E-state index in [9.17, 15) is 0 Å². The monoisotopic (exact) mass is 157 g/mol. The van der Waals surface area contributed by atoms with E-state index in [-0.39, 0.29) is 0 Å². The van der Waals surface area contributed by atoms with Crippen molar-refractivity contribution < 1.29 is 0 Å². The minimum atomic E-state index is -1.12. The molecule has 0 aliphatic carbocycles. The van der Waals surface area contributed by atoms with Crippen LogP contribution in [0.3, 0.4) is 0 Å². The van der Waals surface area contributed by atoms with Gasteiger partial charge in [-0.2, -0.15) is 0 Å². The zero-order valence-corrected chi connectivity index (χ0v) is 8.46. The molecule has 0 N–H and O–H groups in total. The fourth-order valence-corrected chi connectivity index (χ4v) is 2.35. The molecular formula is C8H12LiNSi. The van der Waals surface area contributed by atoms with Crippen LogP contribution in [0.1, 0.15) is 0 Å². The minimum absolute atomic E-state index is 1.12. The molecule has 1 aromatic rings. The van der Waals surface area contributed by atoms with E-state index in [1.54, 1.807) is 0 Å². The summed E-state index contributed by atoms with van der Waals surface area (Å²) in [5.74, 6) is 0. The van der Waals surface area contributed by atoms with Crippen LogP contribution in [-0.2, 0) is 0 Å². The van der Waals surface area contributed by atoms with Crippen molar-refractivity contribution in [2.24, 2.45) is 0 Å². The molecule has 1 heterocycles. The van der Waals surface area contributed by atoms with Gasteiger partial charge in [0.1, 0.15) is 0 Å². The SMILES string of the molecule is [Li][CH2][Si](C)(C)c1cccnc1. The summed E-state index contributed by atoms with van der Waals surface area (Å²) < 4.78 is 1.29. The van der Waals surface area contributed by atoms with Gasteiger partial charge < -0.3 is 0 Å². The Hall–Kier alpha value is -0.0357. The molecule has 1 rings (SSSR count). The molecule has 0 fully saturated rings. The number of hydrogen-bond acceptors (Lipinski definition) is 1. The summed E-state index contributed by atoms with van der Waals surface area (Å²) in [6.07, 6.45) is 3.85. The Bertz CT molecular complexity index is 223. The first-order chi connectivity index (χ1) is 5.17. The summed E-state index contributed by atoms with van der Waals surface area (Å²) in [6.45, 7) is 4.76. The van der Waals surface area contributed by atoms with Gasteiger partial charge in [0.25, 0.3) is 0 Å². The zero-order valence-electron chi connectivity index (χ0n) is 7.46. The van der Waals surface area contributed by atoms with Crippen molar-refractivity contribution >= 4 is 31.0 Å². The van der Waals surface area contributed by atoms with Crippen molar-refractivity contribution in [3.8, 4) is 0 Å². The van der Waals surface area contributed by atoms with Gasteiger partial charge in [-0.15, -0.1) is 0 Å². The van der Waals surface area contributed by atoms with Gasteiger partial charge in [-0.05, 0) is 0 Å². The van der Waals surface area contributed by atoms with E-state index < -0.39 is 8.07 Å². The molecule has 0 aliphatic rings. The van der Waals surface area contributed by atoms with Crippen molar-refractivity contribution in [2.75, 3.05) is 0 Å². The Labute approximate surface area is 78.4 Å². The van der Waals surface area contributed by atoms with Gasteiger partial charge >= 0.3 is 78.3 Å². The van der Waals surface area contributed by atoms with E-state index in [0.29, 0.717) is 0 Å². The average Bonchev–Trinajstić information content (AvgIpc) is 2.06. The molecule has 0 saturated carbocycles. The molecule has 0 bridgehead atoms. The second kappa shape index (κ2) is 3.58. The van der Waals surface area contributed by atoms with Gasteiger partial charge in [0.05, 0.1) is 0 Å².